The van der Waals surface area contributed by atoms with Crippen molar-refractivity contribution in [2.45, 2.75) is 25.3 Å². The van der Waals surface area contributed by atoms with Gasteiger partial charge in [-0.1, -0.05) is 42.5 Å². The number of amides is 1. The van der Waals surface area contributed by atoms with Crippen LogP contribution in [0.3, 0.4) is 0 Å². The molecule has 20 heavy (non-hydrogen) atoms. The molecule has 2 aromatic carbocycles. The molecule has 3 rings (SSSR count). The Bertz CT molecular complexity index is 638. The van der Waals surface area contributed by atoms with Crippen molar-refractivity contribution in [1.29, 1.82) is 0 Å². The van der Waals surface area contributed by atoms with Gasteiger partial charge in [0.15, 0.2) is 0 Å². The molecule has 0 aromatic heterocycles. The van der Waals surface area contributed by atoms with E-state index in [-0.39, 0.29) is 17.9 Å². The van der Waals surface area contributed by atoms with Gasteiger partial charge in [-0.05, 0) is 29.7 Å². The molecule has 0 aliphatic carbocycles. The van der Waals surface area contributed by atoms with Crippen molar-refractivity contribution in [3.05, 3.63) is 48.0 Å². The number of hydrogen-bond donors (Lipinski definition) is 1. The van der Waals surface area contributed by atoms with Crippen LogP contribution in [-0.2, 0) is 4.79 Å². The lowest BCUT2D eigenvalue weighted by Gasteiger charge is -2.21. The van der Waals surface area contributed by atoms with E-state index in [1.807, 2.05) is 24.0 Å². The average Bonchev–Trinajstić information content (AvgIpc) is 2.92. The molecule has 1 unspecified atom stereocenters. The van der Waals surface area contributed by atoms with E-state index < -0.39 is 0 Å². The molecule has 0 bridgehead atoms. The zero-order valence-corrected chi connectivity index (χ0v) is 11.8. The van der Waals surface area contributed by atoms with Crippen molar-refractivity contribution in [2.75, 3.05) is 13.1 Å². The molecule has 104 valence electrons. The van der Waals surface area contributed by atoms with Gasteiger partial charge in [0, 0.05) is 19.1 Å². The SMILES string of the molecule is CC(C(=O)N1CC[C@@H](N)C1)c1ccc2ccccc2c1. The van der Waals surface area contributed by atoms with Gasteiger partial charge in [0.25, 0.3) is 0 Å². The van der Waals surface area contributed by atoms with Crippen LogP contribution in [0.2, 0.25) is 0 Å². The van der Waals surface area contributed by atoms with Crippen molar-refractivity contribution in [3.63, 3.8) is 0 Å². The summed E-state index contributed by atoms with van der Waals surface area (Å²) in [6, 6.07) is 14.6. The van der Waals surface area contributed by atoms with Crippen LogP contribution in [0, 0.1) is 0 Å². The van der Waals surface area contributed by atoms with Crippen LogP contribution in [0.15, 0.2) is 42.5 Å². The van der Waals surface area contributed by atoms with Crippen molar-refractivity contribution in [1.82, 2.24) is 4.90 Å². The van der Waals surface area contributed by atoms with E-state index in [1.54, 1.807) is 0 Å². The van der Waals surface area contributed by atoms with Crippen molar-refractivity contribution >= 4 is 16.7 Å². The highest BCUT2D eigenvalue weighted by molar-refractivity contribution is 5.87. The molecule has 2 atom stereocenters. The lowest BCUT2D eigenvalue weighted by Crippen LogP contribution is -2.34. The highest BCUT2D eigenvalue weighted by Crippen LogP contribution is 2.24. The minimum absolute atomic E-state index is 0.107. The van der Waals surface area contributed by atoms with Crippen LogP contribution in [-0.4, -0.2) is 29.9 Å². The molecule has 1 aliphatic heterocycles. The van der Waals surface area contributed by atoms with Gasteiger partial charge in [0.2, 0.25) is 5.91 Å². The minimum Gasteiger partial charge on any atom is -0.341 e. The quantitative estimate of drug-likeness (QED) is 0.909. The Morgan fingerprint density at radius 3 is 2.70 bits per heavy atom. The monoisotopic (exact) mass is 268 g/mol. The highest BCUT2D eigenvalue weighted by atomic mass is 16.2. The lowest BCUT2D eigenvalue weighted by atomic mass is 9.96. The Labute approximate surface area is 119 Å². The second kappa shape index (κ2) is 5.25. The average molecular weight is 268 g/mol. The first kappa shape index (κ1) is 13.1. The second-order valence-corrected chi connectivity index (χ2v) is 5.66. The number of rotatable bonds is 2. The van der Waals surface area contributed by atoms with Crippen molar-refractivity contribution in [2.24, 2.45) is 5.73 Å². The summed E-state index contributed by atoms with van der Waals surface area (Å²) in [6.07, 6.45) is 0.913. The van der Waals surface area contributed by atoms with Gasteiger partial charge in [-0.15, -0.1) is 0 Å². The van der Waals surface area contributed by atoms with Crippen LogP contribution in [0.4, 0.5) is 0 Å². The molecule has 2 aromatic rings. The van der Waals surface area contributed by atoms with Crippen LogP contribution in [0.5, 0.6) is 0 Å². The molecule has 3 heteroatoms. The van der Waals surface area contributed by atoms with Crippen LogP contribution < -0.4 is 5.73 Å². The predicted octanol–water partition coefficient (Wildman–Crippen LogP) is 2.50. The number of hydrogen-bond acceptors (Lipinski definition) is 2. The van der Waals surface area contributed by atoms with Crippen LogP contribution >= 0.6 is 0 Å². The minimum atomic E-state index is -0.107. The fourth-order valence-electron chi connectivity index (χ4n) is 2.88. The third-order valence-corrected chi connectivity index (χ3v) is 4.18. The van der Waals surface area contributed by atoms with Gasteiger partial charge in [-0.3, -0.25) is 4.79 Å². The number of fused-ring (bicyclic) bond motifs is 1. The van der Waals surface area contributed by atoms with E-state index in [2.05, 4.69) is 30.3 Å². The third kappa shape index (κ3) is 2.41. The largest absolute Gasteiger partial charge is 0.341 e. The van der Waals surface area contributed by atoms with E-state index in [0.29, 0.717) is 6.54 Å². The maximum atomic E-state index is 12.5. The van der Waals surface area contributed by atoms with E-state index in [1.165, 1.54) is 10.8 Å². The Hall–Kier alpha value is -1.87. The van der Waals surface area contributed by atoms with Gasteiger partial charge in [0.1, 0.15) is 0 Å². The first-order valence-corrected chi connectivity index (χ1v) is 7.18. The summed E-state index contributed by atoms with van der Waals surface area (Å²) in [5.41, 5.74) is 6.96. The topological polar surface area (TPSA) is 46.3 Å². The zero-order valence-electron chi connectivity index (χ0n) is 11.8. The van der Waals surface area contributed by atoms with E-state index >= 15 is 0 Å². The standard InChI is InChI=1S/C17H20N2O/c1-12(17(20)19-9-8-16(18)11-19)14-7-6-13-4-2-3-5-15(13)10-14/h2-7,10,12,16H,8-9,11,18H2,1H3/t12?,16-/m1/s1. The second-order valence-electron chi connectivity index (χ2n) is 5.66. The highest BCUT2D eigenvalue weighted by Gasteiger charge is 2.27. The number of carbonyl (C=O) groups excluding carboxylic acids is 1. The Balaban J connectivity index is 1.84. The Morgan fingerprint density at radius 1 is 1.25 bits per heavy atom. The summed E-state index contributed by atoms with van der Waals surface area (Å²) >= 11 is 0. The molecule has 1 saturated heterocycles. The van der Waals surface area contributed by atoms with Crippen LogP contribution in [0.25, 0.3) is 10.8 Å². The number of carbonyl (C=O) groups is 1. The Morgan fingerprint density at radius 2 is 2.00 bits per heavy atom. The summed E-state index contributed by atoms with van der Waals surface area (Å²) < 4.78 is 0. The molecule has 1 aliphatic rings. The molecule has 1 amide bonds. The first-order valence-electron chi connectivity index (χ1n) is 7.18. The maximum absolute atomic E-state index is 12.5. The fourth-order valence-corrected chi connectivity index (χ4v) is 2.88. The number of benzene rings is 2. The normalized spacial score (nSPS) is 20.3. The molecule has 3 nitrogen and oxygen atoms in total. The molecule has 0 spiro atoms. The maximum Gasteiger partial charge on any atom is 0.229 e. The number of nitrogens with zero attached hydrogens (tertiary/aromatic N) is 1. The third-order valence-electron chi connectivity index (χ3n) is 4.18. The van der Waals surface area contributed by atoms with Crippen LogP contribution in [0.1, 0.15) is 24.8 Å². The summed E-state index contributed by atoms with van der Waals surface area (Å²) in [7, 11) is 0. The van der Waals surface area contributed by atoms with Crippen molar-refractivity contribution < 1.29 is 4.79 Å². The van der Waals surface area contributed by atoms with E-state index in [0.717, 1.165) is 18.5 Å². The van der Waals surface area contributed by atoms with Gasteiger partial charge in [-0.2, -0.15) is 0 Å². The summed E-state index contributed by atoms with van der Waals surface area (Å²) in [5.74, 6) is 0.0816. The molecule has 1 heterocycles. The van der Waals surface area contributed by atoms with Gasteiger partial charge < -0.3 is 10.6 Å². The van der Waals surface area contributed by atoms with Gasteiger partial charge in [0.05, 0.1) is 5.92 Å². The van der Waals surface area contributed by atoms with E-state index in [9.17, 15) is 4.79 Å². The fraction of sp³-hybridized carbons (Fsp3) is 0.353. The smallest absolute Gasteiger partial charge is 0.229 e. The molecule has 2 N–H and O–H groups in total. The lowest BCUT2D eigenvalue weighted by molar-refractivity contribution is -0.131. The number of likely N-dealkylation sites (tertiary alicyclic amines) is 1. The van der Waals surface area contributed by atoms with Gasteiger partial charge in [-0.25, -0.2) is 0 Å². The van der Waals surface area contributed by atoms with Gasteiger partial charge >= 0.3 is 0 Å². The first-order chi connectivity index (χ1) is 9.65. The summed E-state index contributed by atoms with van der Waals surface area (Å²) in [5, 5.41) is 2.39. The predicted molar refractivity (Wildman–Crippen MR) is 81.5 cm³/mol. The molecule has 1 fully saturated rings. The zero-order chi connectivity index (χ0) is 14.1. The Kier molecular flexibility index (Phi) is 3.45. The van der Waals surface area contributed by atoms with E-state index in [4.69, 9.17) is 5.73 Å². The summed E-state index contributed by atoms with van der Waals surface area (Å²) in [4.78, 5) is 14.4. The molecule has 0 saturated carbocycles. The number of nitrogens with two attached hydrogens (primary N) is 1. The molecular formula is C17H20N2O. The van der Waals surface area contributed by atoms with Crippen molar-refractivity contribution in [3.8, 4) is 0 Å². The molecule has 0 radical (unpaired) electrons. The molecular weight excluding hydrogens is 248 g/mol. The summed E-state index contributed by atoms with van der Waals surface area (Å²) in [6.45, 7) is 3.46.